The number of halogens is 1. The monoisotopic (exact) mass is 247 g/mol. The van der Waals surface area contributed by atoms with Gasteiger partial charge in [-0.2, -0.15) is 0 Å². The second kappa shape index (κ2) is 6.06. The van der Waals surface area contributed by atoms with Crippen LogP contribution in [0.2, 0.25) is 0 Å². The van der Waals surface area contributed by atoms with Crippen molar-refractivity contribution in [3.05, 3.63) is 0 Å². The molecule has 92 valence electrons. The molecule has 0 unspecified atom stereocenters. The van der Waals surface area contributed by atoms with E-state index in [4.69, 9.17) is 0 Å². The minimum absolute atomic E-state index is 0. The smallest absolute Gasteiger partial charge is 0.239 e. The zero-order valence-electron chi connectivity index (χ0n) is 9.12. The molecular weight excluding hydrogens is 230 g/mol. The van der Waals surface area contributed by atoms with Gasteiger partial charge in [0, 0.05) is 19.6 Å². The predicted octanol–water partition coefficient (Wildman–Crippen LogP) is -0.730. The van der Waals surface area contributed by atoms with E-state index in [0.717, 1.165) is 19.6 Å². The average Bonchev–Trinajstić information content (AvgIpc) is 2.92. The second-order valence-corrected chi connectivity index (χ2v) is 4.32. The lowest BCUT2D eigenvalue weighted by atomic mass is 10.0. The van der Waals surface area contributed by atoms with Crippen molar-refractivity contribution in [1.82, 2.24) is 16.0 Å². The van der Waals surface area contributed by atoms with Crippen molar-refractivity contribution >= 4 is 24.2 Å². The van der Waals surface area contributed by atoms with Crippen LogP contribution >= 0.6 is 12.4 Å². The fraction of sp³-hybridized carbons (Fsp3) is 0.800. The van der Waals surface area contributed by atoms with E-state index in [0.29, 0.717) is 5.92 Å². The molecule has 1 saturated heterocycles. The predicted molar refractivity (Wildman–Crippen MR) is 62.4 cm³/mol. The first-order valence-electron chi connectivity index (χ1n) is 5.51. The minimum atomic E-state index is -0.0810. The molecule has 3 N–H and O–H groups in total. The fourth-order valence-electron chi connectivity index (χ4n) is 1.43. The topological polar surface area (TPSA) is 70.2 Å². The lowest BCUT2D eigenvalue weighted by Gasteiger charge is -2.25. The molecule has 5 nitrogen and oxygen atoms in total. The van der Waals surface area contributed by atoms with Gasteiger partial charge in [-0.25, -0.2) is 0 Å². The number of amides is 2. The first kappa shape index (κ1) is 13.3. The first-order valence-corrected chi connectivity index (χ1v) is 5.51. The molecule has 0 aromatic carbocycles. The number of nitrogens with one attached hydrogen (secondary N) is 3. The van der Waals surface area contributed by atoms with E-state index in [1.807, 2.05) is 0 Å². The minimum Gasteiger partial charge on any atom is -0.354 e. The molecule has 0 bridgehead atoms. The molecule has 1 heterocycles. The zero-order valence-corrected chi connectivity index (χ0v) is 9.94. The highest BCUT2D eigenvalue weighted by molar-refractivity contribution is 5.86. The first-order chi connectivity index (χ1) is 7.25. The van der Waals surface area contributed by atoms with E-state index in [1.54, 1.807) is 0 Å². The van der Waals surface area contributed by atoms with E-state index in [2.05, 4.69) is 16.0 Å². The van der Waals surface area contributed by atoms with Gasteiger partial charge in [-0.05, 0) is 18.8 Å². The molecule has 2 fully saturated rings. The van der Waals surface area contributed by atoms with Gasteiger partial charge in [0.25, 0.3) is 0 Å². The van der Waals surface area contributed by atoms with Crippen molar-refractivity contribution in [3.63, 3.8) is 0 Å². The summed E-state index contributed by atoms with van der Waals surface area (Å²) in [6, 6.07) is 0. The Balaban J connectivity index is 0.00000128. The van der Waals surface area contributed by atoms with E-state index < -0.39 is 0 Å². The van der Waals surface area contributed by atoms with Crippen molar-refractivity contribution in [2.24, 2.45) is 11.8 Å². The maximum absolute atomic E-state index is 11.3. The third kappa shape index (κ3) is 3.98. The Labute approximate surface area is 101 Å². The van der Waals surface area contributed by atoms with Gasteiger partial charge >= 0.3 is 0 Å². The van der Waals surface area contributed by atoms with E-state index in [9.17, 15) is 9.59 Å². The maximum atomic E-state index is 11.3. The van der Waals surface area contributed by atoms with Gasteiger partial charge in [0.05, 0.1) is 12.5 Å². The van der Waals surface area contributed by atoms with Crippen molar-refractivity contribution in [3.8, 4) is 0 Å². The van der Waals surface area contributed by atoms with Crippen LogP contribution in [0.3, 0.4) is 0 Å². The van der Waals surface area contributed by atoms with Crippen LogP contribution in [0.15, 0.2) is 0 Å². The van der Waals surface area contributed by atoms with Gasteiger partial charge in [0.1, 0.15) is 0 Å². The summed E-state index contributed by atoms with van der Waals surface area (Å²) in [5.74, 6) is 0.638. The van der Waals surface area contributed by atoms with Gasteiger partial charge in [-0.15, -0.1) is 12.4 Å². The zero-order chi connectivity index (χ0) is 10.7. The lowest BCUT2D eigenvalue weighted by molar-refractivity contribution is -0.129. The number of carbonyl (C=O) groups is 2. The number of hydrogen-bond acceptors (Lipinski definition) is 3. The molecule has 0 spiro atoms. The van der Waals surface area contributed by atoms with Crippen molar-refractivity contribution < 1.29 is 9.59 Å². The number of hydrogen-bond donors (Lipinski definition) is 3. The van der Waals surface area contributed by atoms with Crippen LogP contribution in [0, 0.1) is 11.8 Å². The summed E-state index contributed by atoms with van der Waals surface area (Å²) < 4.78 is 0. The Morgan fingerprint density at radius 2 is 1.88 bits per heavy atom. The lowest BCUT2D eigenvalue weighted by Crippen LogP contribution is -2.52. The van der Waals surface area contributed by atoms with Gasteiger partial charge < -0.3 is 16.0 Å². The molecule has 2 amide bonds. The molecule has 1 aliphatic carbocycles. The van der Waals surface area contributed by atoms with E-state index in [-0.39, 0.29) is 36.7 Å². The van der Waals surface area contributed by atoms with Crippen LogP contribution in [0.5, 0.6) is 0 Å². The normalized spacial score (nSPS) is 19.2. The maximum Gasteiger partial charge on any atom is 0.239 e. The second-order valence-electron chi connectivity index (χ2n) is 4.32. The Morgan fingerprint density at radius 1 is 1.19 bits per heavy atom. The van der Waals surface area contributed by atoms with Gasteiger partial charge in [-0.1, -0.05) is 0 Å². The number of rotatable bonds is 5. The molecule has 0 radical (unpaired) electrons. The summed E-state index contributed by atoms with van der Waals surface area (Å²) in [6.45, 7) is 2.34. The van der Waals surface area contributed by atoms with Crippen molar-refractivity contribution in [2.45, 2.75) is 12.8 Å². The summed E-state index contributed by atoms with van der Waals surface area (Å²) in [4.78, 5) is 22.6. The van der Waals surface area contributed by atoms with Crippen LogP contribution < -0.4 is 16.0 Å². The van der Waals surface area contributed by atoms with E-state index >= 15 is 0 Å². The standard InChI is InChI=1S/C10H17N3O2.ClH/c14-9(12-3-7-1-2-7)6-13-10(15)8-4-11-5-8;/h7-8,11H,1-6H2,(H,12,14)(H,13,15);1H. The highest BCUT2D eigenvalue weighted by Crippen LogP contribution is 2.27. The molecule has 2 aliphatic rings. The summed E-state index contributed by atoms with van der Waals surface area (Å²) in [5, 5.41) is 8.46. The van der Waals surface area contributed by atoms with Crippen LogP contribution in [0.25, 0.3) is 0 Å². The SMILES string of the molecule is Cl.O=C(CNC(=O)C1CNC1)NCC1CC1. The summed E-state index contributed by atoms with van der Waals surface area (Å²) in [6.07, 6.45) is 2.45. The quantitative estimate of drug-likeness (QED) is 0.600. The Hall–Kier alpha value is -0.810. The number of carbonyl (C=O) groups excluding carboxylic acids is 2. The molecule has 1 saturated carbocycles. The molecule has 0 atom stereocenters. The summed E-state index contributed by atoms with van der Waals surface area (Å²) in [5.41, 5.74) is 0. The Bertz CT molecular complexity index is 265. The van der Waals surface area contributed by atoms with Gasteiger partial charge in [0.2, 0.25) is 11.8 Å². The largest absolute Gasteiger partial charge is 0.354 e. The average molecular weight is 248 g/mol. The molecule has 0 aromatic heterocycles. The van der Waals surface area contributed by atoms with Gasteiger partial charge in [0.15, 0.2) is 0 Å². The molecular formula is C10H18ClN3O2. The van der Waals surface area contributed by atoms with Crippen molar-refractivity contribution in [2.75, 3.05) is 26.2 Å². The van der Waals surface area contributed by atoms with Crippen molar-refractivity contribution in [1.29, 1.82) is 0 Å². The third-order valence-corrected chi connectivity index (χ3v) is 2.86. The summed E-state index contributed by atoms with van der Waals surface area (Å²) in [7, 11) is 0. The molecule has 2 rings (SSSR count). The van der Waals surface area contributed by atoms with Crippen LogP contribution in [0.1, 0.15) is 12.8 Å². The Kier molecular flexibility index (Phi) is 5.02. The summed E-state index contributed by atoms with van der Waals surface area (Å²) >= 11 is 0. The van der Waals surface area contributed by atoms with Gasteiger partial charge in [-0.3, -0.25) is 9.59 Å². The van der Waals surface area contributed by atoms with Crippen LogP contribution in [-0.2, 0) is 9.59 Å². The molecule has 6 heteroatoms. The Morgan fingerprint density at radius 3 is 2.38 bits per heavy atom. The molecule has 0 aromatic rings. The highest BCUT2D eigenvalue weighted by Gasteiger charge is 2.25. The third-order valence-electron chi connectivity index (χ3n) is 2.86. The molecule has 16 heavy (non-hydrogen) atoms. The van der Waals surface area contributed by atoms with Crippen LogP contribution in [-0.4, -0.2) is 38.0 Å². The van der Waals surface area contributed by atoms with Crippen LogP contribution in [0.4, 0.5) is 0 Å². The highest BCUT2D eigenvalue weighted by atomic mass is 35.5. The fourth-order valence-corrected chi connectivity index (χ4v) is 1.43. The molecule has 1 aliphatic heterocycles. The van der Waals surface area contributed by atoms with E-state index in [1.165, 1.54) is 12.8 Å².